The Morgan fingerprint density at radius 2 is 1.89 bits per heavy atom. The van der Waals surface area contributed by atoms with Crippen molar-refractivity contribution in [3.05, 3.63) is 59.4 Å². The summed E-state index contributed by atoms with van der Waals surface area (Å²) in [5, 5.41) is 0. The van der Waals surface area contributed by atoms with Gasteiger partial charge in [0.1, 0.15) is 12.4 Å². The molecule has 2 N–H and O–H groups in total. The van der Waals surface area contributed by atoms with E-state index < -0.39 is 0 Å². The first-order valence-corrected chi connectivity index (χ1v) is 5.97. The van der Waals surface area contributed by atoms with E-state index in [4.69, 9.17) is 15.2 Å². The van der Waals surface area contributed by atoms with E-state index in [-0.39, 0.29) is 18.2 Å². The third kappa shape index (κ3) is 3.23. The van der Waals surface area contributed by atoms with E-state index in [1.165, 1.54) is 6.07 Å². The van der Waals surface area contributed by atoms with E-state index in [0.717, 1.165) is 16.9 Å². The van der Waals surface area contributed by atoms with E-state index >= 15 is 0 Å². The molecule has 0 spiro atoms. The first-order valence-electron chi connectivity index (χ1n) is 5.97. The largest absolute Gasteiger partial charge is 0.496 e. The molecule has 2 rings (SSSR count). The van der Waals surface area contributed by atoms with Crippen LogP contribution in [0.1, 0.15) is 11.1 Å². The monoisotopic (exact) mass is 261 g/mol. The molecule has 2 aromatic rings. The Bertz CT molecular complexity index is 558. The topological polar surface area (TPSA) is 44.5 Å². The molecule has 0 saturated carbocycles. The van der Waals surface area contributed by atoms with Crippen LogP contribution in [0.4, 0.5) is 4.39 Å². The molecule has 4 heteroatoms. The fourth-order valence-electron chi connectivity index (χ4n) is 1.80. The van der Waals surface area contributed by atoms with E-state index in [2.05, 4.69) is 0 Å². The van der Waals surface area contributed by atoms with Crippen molar-refractivity contribution >= 4 is 0 Å². The van der Waals surface area contributed by atoms with Crippen LogP contribution in [0, 0.1) is 5.82 Å². The lowest BCUT2D eigenvalue weighted by atomic mass is 10.1. The number of hydrogen-bond acceptors (Lipinski definition) is 3. The Kier molecular flexibility index (Phi) is 4.36. The molecule has 0 atom stereocenters. The van der Waals surface area contributed by atoms with Crippen LogP contribution in [0.25, 0.3) is 0 Å². The van der Waals surface area contributed by atoms with Gasteiger partial charge in [-0.15, -0.1) is 0 Å². The highest BCUT2D eigenvalue weighted by molar-refractivity contribution is 5.37. The molecule has 0 aliphatic rings. The zero-order valence-electron chi connectivity index (χ0n) is 10.7. The standard InChI is InChI=1S/C15H16FNO2/c1-18-14-7-6-11(8-12(14)9-17)10-19-15-5-3-2-4-13(15)16/h2-8H,9-10,17H2,1H3. The summed E-state index contributed by atoms with van der Waals surface area (Å²) in [4.78, 5) is 0. The second-order valence-corrected chi connectivity index (χ2v) is 4.07. The molecule has 100 valence electrons. The van der Waals surface area contributed by atoms with E-state index in [9.17, 15) is 4.39 Å². The highest BCUT2D eigenvalue weighted by Crippen LogP contribution is 2.21. The van der Waals surface area contributed by atoms with Gasteiger partial charge in [0.2, 0.25) is 0 Å². The zero-order valence-corrected chi connectivity index (χ0v) is 10.7. The van der Waals surface area contributed by atoms with Crippen LogP contribution >= 0.6 is 0 Å². The molecule has 0 radical (unpaired) electrons. The maximum Gasteiger partial charge on any atom is 0.165 e. The predicted octanol–water partition coefficient (Wildman–Crippen LogP) is 2.87. The highest BCUT2D eigenvalue weighted by Gasteiger charge is 2.05. The van der Waals surface area contributed by atoms with Crippen molar-refractivity contribution < 1.29 is 13.9 Å². The van der Waals surface area contributed by atoms with Crippen LogP contribution in [0.5, 0.6) is 11.5 Å². The van der Waals surface area contributed by atoms with Gasteiger partial charge in [0, 0.05) is 12.1 Å². The third-order valence-corrected chi connectivity index (χ3v) is 2.80. The Morgan fingerprint density at radius 3 is 2.58 bits per heavy atom. The van der Waals surface area contributed by atoms with E-state index in [0.29, 0.717) is 6.54 Å². The molecule has 19 heavy (non-hydrogen) atoms. The number of halogens is 1. The van der Waals surface area contributed by atoms with Gasteiger partial charge < -0.3 is 15.2 Å². The number of benzene rings is 2. The minimum Gasteiger partial charge on any atom is -0.496 e. The number of nitrogens with two attached hydrogens (primary N) is 1. The average Bonchev–Trinajstić information content (AvgIpc) is 2.46. The fraction of sp³-hybridized carbons (Fsp3) is 0.200. The zero-order chi connectivity index (χ0) is 13.7. The summed E-state index contributed by atoms with van der Waals surface area (Å²) in [7, 11) is 1.60. The Balaban J connectivity index is 2.10. The maximum atomic E-state index is 13.4. The molecule has 0 unspecified atom stereocenters. The lowest BCUT2D eigenvalue weighted by molar-refractivity contribution is 0.290. The van der Waals surface area contributed by atoms with Crippen LogP contribution in [0.2, 0.25) is 0 Å². The quantitative estimate of drug-likeness (QED) is 0.900. The van der Waals surface area contributed by atoms with Crippen molar-refractivity contribution in [2.24, 2.45) is 5.73 Å². The molecular formula is C15H16FNO2. The van der Waals surface area contributed by atoms with Crippen LogP contribution in [-0.2, 0) is 13.2 Å². The van der Waals surface area contributed by atoms with Gasteiger partial charge in [0.15, 0.2) is 11.6 Å². The van der Waals surface area contributed by atoms with Gasteiger partial charge in [-0.3, -0.25) is 0 Å². The molecule has 0 amide bonds. The maximum absolute atomic E-state index is 13.4. The molecule has 3 nitrogen and oxygen atoms in total. The van der Waals surface area contributed by atoms with Gasteiger partial charge in [0.05, 0.1) is 7.11 Å². The minimum absolute atomic E-state index is 0.243. The highest BCUT2D eigenvalue weighted by atomic mass is 19.1. The number of hydrogen-bond donors (Lipinski definition) is 1. The summed E-state index contributed by atoms with van der Waals surface area (Å²) in [6.45, 7) is 0.675. The van der Waals surface area contributed by atoms with Crippen molar-refractivity contribution in [3.63, 3.8) is 0 Å². The summed E-state index contributed by atoms with van der Waals surface area (Å²) < 4.78 is 24.0. The molecule has 0 bridgehead atoms. The average molecular weight is 261 g/mol. The van der Waals surface area contributed by atoms with Gasteiger partial charge in [-0.25, -0.2) is 4.39 Å². The predicted molar refractivity (Wildman–Crippen MR) is 71.6 cm³/mol. The Labute approximate surface area is 111 Å². The van der Waals surface area contributed by atoms with Crippen LogP contribution in [-0.4, -0.2) is 7.11 Å². The van der Waals surface area contributed by atoms with Crippen LogP contribution < -0.4 is 15.2 Å². The SMILES string of the molecule is COc1ccc(COc2ccccc2F)cc1CN. The van der Waals surface area contributed by atoms with Crippen molar-refractivity contribution in [1.29, 1.82) is 0 Å². The van der Waals surface area contributed by atoms with Crippen molar-refractivity contribution in [3.8, 4) is 11.5 Å². The van der Waals surface area contributed by atoms with Crippen LogP contribution in [0.15, 0.2) is 42.5 Å². The minimum atomic E-state index is -0.366. The first-order chi connectivity index (χ1) is 9.24. The molecule has 0 heterocycles. The van der Waals surface area contributed by atoms with Gasteiger partial charge in [-0.2, -0.15) is 0 Å². The van der Waals surface area contributed by atoms with Gasteiger partial charge in [-0.1, -0.05) is 18.2 Å². The van der Waals surface area contributed by atoms with Crippen molar-refractivity contribution in [2.75, 3.05) is 7.11 Å². The number of methoxy groups -OCH3 is 1. The lowest BCUT2D eigenvalue weighted by Gasteiger charge is -2.10. The molecule has 0 aliphatic heterocycles. The number of para-hydroxylation sites is 1. The lowest BCUT2D eigenvalue weighted by Crippen LogP contribution is -2.03. The summed E-state index contributed by atoms with van der Waals surface area (Å²) in [5.74, 6) is 0.625. The van der Waals surface area contributed by atoms with E-state index in [1.54, 1.807) is 25.3 Å². The molecule has 0 saturated heterocycles. The smallest absolute Gasteiger partial charge is 0.165 e. The van der Waals surface area contributed by atoms with Crippen molar-refractivity contribution in [1.82, 2.24) is 0 Å². The molecule has 0 aromatic heterocycles. The Hall–Kier alpha value is -2.07. The summed E-state index contributed by atoms with van der Waals surface area (Å²) in [5.41, 5.74) is 7.47. The number of rotatable bonds is 5. The molecule has 0 aliphatic carbocycles. The Morgan fingerprint density at radius 1 is 1.11 bits per heavy atom. The third-order valence-electron chi connectivity index (χ3n) is 2.80. The normalized spacial score (nSPS) is 10.3. The van der Waals surface area contributed by atoms with Crippen molar-refractivity contribution in [2.45, 2.75) is 13.2 Å². The first kappa shape index (κ1) is 13.4. The molecular weight excluding hydrogens is 245 g/mol. The summed E-state index contributed by atoms with van der Waals surface area (Å²) in [6, 6.07) is 11.9. The van der Waals surface area contributed by atoms with Gasteiger partial charge >= 0.3 is 0 Å². The second kappa shape index (κ2) is 6.20. The summed E-state index contributed by atoms with van der Waals surface area (Å²) in [6.07, 6.45) is 0. The molecule has 2 aromatic carbocycles. The van der Waals surface area contributed by atoms with E-state index in [1.807, 2.05) is 18.2 Å². The fourth-order valence-corrected chi connectivity index (χ4v) is 1.80. The van der Waals surface area contributed by atoms with Gasteiger partial charge in [-0.05, 0) is 29.8 Å². The number of ether oxygens (including phenoxy) is 2. The molecule has 0 fully saturated rings. The summed E-state index contributed by atoms with van der Waals surface area (Å²) >= 11 is 0. The van der Waals surface area contributed by atoms with Crippen LogP contribution in [0.3, 0.4) is 0 Å². The second-order valence-electron chi connectivity index (χ2n) is 4.07. The van der Waals surface area contributed by atoms with Gasteiger partial charge in [0.25, 0.3) is 0 Å².